The van der Waals surface area contributed by atoms with Gasteiger partial charge in [0.1, 0.15) is 6.61 Å². The second kappa shape index (κ2) is 9.08. The summed E-state index contributed by atoms with van der Waals surface area (Å²) in [6, 6.07) is 10.2. The number of rotatable bonds is 8. The molecule has 0 radical (unpaired) electrons. The van der Waals surface area contributed by atoms with Crippen molar-refractivity contribution in [2.24, 2.45) is 0 Å². The monoisotopic (exact) mass is 361 g/mol. The third-order valence-electron chi connectivity index (χ3n) is 4.05. The number of benzene rings is 1. The lowest BCUT2D eigenvalue weighted by molar-refractivity contribution is -0.159. The molecule has 3 rings (SSSR count). The highest BCUT2D eigenvalue weighted by atomic mass is 32.1. The summed E-state index contributed by atoms with van der Waals surface area (Å²) >= 11 is 1.58. The number of aromatic nitrogens is 1. The van der Waals surface area contributed by atoms with Crippen LogP contribution >= 0.6 is 11.3 Å². The molecule has 2 atom stereocenters. The summed E-state index contributed by atoms with van der Waals surface area (Å²) in [5.74, 6) is -0.365. The maximum absolute atomic E-state index is 12.0. The fourth-order valence-electron chi connectivity index (χ4n) is 2.62. The van der Waals surface area contributed by atoms with Gasteiger partial charge in [0, 0.05) is 18.4 Å². The van der Waals surface area contributed by atoms with Crippen molar-refractivity contribution < 1.29 is 19.0 Å². The van der Waals surface area contributed by atoms with Crippen molar-refractivity contribution in [3.05, 3.63) is 52.0 Å². The van der Waals surface area contributed by atoms with E-state index in [1.165, 1.54) is 5.56 Å². The van der Waals surface area contributed by atoms with Gasteiger partial charge < -0.3 is 14.2 Å². The molecule has 1 aromatic carbocycles. The first-order valence-electron chi connectivity index (χ1n) is 8.58. The van der Waals surface area contributed by atoms with E-state index in [1.54, 1.807) is 18.3 Å². The molecule has 134 valence electrons. The van der Waals surface area contributed by atoms with E-state index < -0.39 is 6.10 Å². The van der Waals surface area contributed by atoms with Crippen LogP contribution in [0.3, 0.4) is 0 Å². The Kier molecular flexibility index (Phi) is 6.55. The highest BCUT2D eigenvalue weighted by molar-refractivity contribution is 7.09. The van der Waals surface area contributed by atoms with Crippen molar-refractivity contribution in [1.29, 1.82) is 0 Å². The molecular formula is C19H23NO4S. The van der Waals surface area contributed by atoms with Gasteiger partial charge >= 0.3 is 5.97 Å². The molecular weight excluding hydrogens is 338 g/mol. The topological polar surface area (TPSA) is 57.7 Å². The van der Waals surface area contributed by atoms with E-state index in [0.29, 0.717) is 6.61 Å². The largest absolute Gasteiger partial charge is 0.457 e. The van der Waals surface area contributed by atoms with Crippen LogP contribution in [0.25, 0.3) is 0 Å². The highest BCUT2D eigenvalue weighted by Gasteiger charge is 2.21. The third-order valence-corrected chi connectivity index (χ3v) is 4.95. The van der Waals surface area contributed by atoms with Crippen LogP contribution in [0.1, 0.15) is 36.0 Å². The van der Waals surface area contributed by atoms with Crippen LogP contribution in [-0.2, 0) is 32.0 Å². The van der Waals surface area contributed by atoms with E-state index in [0.717, 1.165) is 36.6 Å². The van der Waals surface area contributed by atoms with Gasteiger partial charge in [-0.25, -0.2) is 9.78 Å². The number of ether oxygens (including phenoxy) is 3. The SMILES string of the molecule is CC(OCC1CCCO1)C(=O)OCc1csc(Cc2ccccc2)n1. The number of esters is 1. The molecule has 25 heavy (non-hydrogen) atoms. The molecule has 2 aromatic rings. The normalized spacial score (nSPS) is 18.2. The summed E-state index contributed by atoms with van der Waals surface area (Å²) < 4.78 is 16.3. The van der Waals surface area contributed by atoms with Crippen LogP contribution in [0.2, 0.25) is 0 Å². The van der Waals surface area contributed by atoms with Crippen LogP contribution in [-0.4, -0.2) is 36.4 Å². The molecule has 6 heteroatoms. The van der Waals surface area contributed by atoms with Crippen molar-refractivity contribution in [1.82, 2.24) is 4.98 Å². The van der Waals surface area contributed by atoms with Crippen molar-refractivity contribution in [3.63, 3.8) is 0 Å². The predicted molar refractivity (Wildman–Crippen MR) is 95.5 cm³/mol. The smallest absolute Gasteiger partial charge is 0.335 e. The van der Waals surface area contributed by atoms with E-state index in [2.05, 4.69) is 17.1 Å². The maximum Gasteiger partial charge on any atom is 0.335 e. The molecule has 1 aliphatic heterocycles. The Morgan fingerprint density at radius 3 is 3.00 bits per heavy atom. The number of carbonyl (C=O) groups is 1. The molecule has 2 heterocycles. The van der Waals surface area contributed by atoms with Gasteiger partial charge in [-0.05, 0) is 25.3 Å². The van der Waals surface area contributed by atoms with Crippen LogP contribution in [0.15, 0.2) is 35.7 Å². The molecule has 1 saturated heterocycles. The number of carbonyl (C=O) groups excluding carboxylic acids is 1. The van der Waals surface area contributed by atoms with Gasteiger partial charge in [-0.2, -0.15) is 0 Å². The van der Waals surface area contributed by atoms with Crippen LogP contribution < -0.4 is 0 Å². The van der Waals surface area contributed by atoms with Gasteiger partial charge in [-0.15, -0.1) is 11.3 Å². The fraction of sp³-hybridized carbons (Fsp3) is 0.474. The number of hydrogen-bond acceptors (Lipinski definition) is 6. The van der Waals surface area contributed by atoms with Crippen LogP contribution in [0.4, 0.5) is 0 Å². The molecule has 0 aliphatic carbocycles. The first kappa shape index (κ1) is 18.0. The summed E-state index contributed by atoms with van der Waals surface area (Å²) in [5, 5.41) is 2.95. The predicted octanol–water partition coefficient (Wildman–Crippen LogP) is 3.36. The van der Waals surface area contributed by atoms with Crippen molar-refractivity contribution in [2.45, 2.75) is 45.0 Å². The zero-order valence-corrected chi connectivity index (χ0v) is 15.2. The Labute approximate surface area is 151 Å². The number of hydrogen-bond donors (Lipinski definition) is 0. The van der Waals surface area contributed by atoms with E-state index in [1.807, 2.05) is 23.6 Å². The average molecular weight is 361 g/mol. The van der Waals surface area contributed by atoms with Gasteiger partial charge in [-0.1, -0.05) is 30.3 Å². The quantitative estimate of drug-likeness (QED) is 0.675. The van der Waals surface area contributed by atoms with Crippen molar-refractivity contribution >= 4 is 17.3 Å². The molecule has 2 unspecified atom stereocenters. The maximum atomic E-state index is 12.0. The minimum Gasteiger partial charge on any atom is -0.457 e. The van der Waals surface area contributed by atoms with E-state index in [9.17, 15) is 4.79 Å². The summed E-state index contributed by atoms with van der Waals surface area (Å²) in [7, 11) is 0. The molecule has 1 fully saturated rings. The van der Waals surface area contributed by atoms with Crippen molar-refractivity contribution in [3.8, 4) is 0 Å². The van der Waals surface area contributed by atoms with Gasteiger partial charge in [-0.3, -0.25) is 0 Å². The standard InChI is InChI=1S/C19H23NO4S/c1-14(23-12-17-8-5-9-22-17)19(21)24-11-16-13-25-18(20-16)10-15-6-3-2-4-7-15/h2-4,6-7,13-14,17H,5,8-12H2,1H3. The summed E-state index contributed by atoms with van der Waals surface area (Å²) in [6.07, 6.45) is 2.36. The molecule has 1 aliphatic rings. The Balaban J connectivity index is 1.41. The molecule has 0 bridgehead atoms. The Morgan fingerprint density at radius 2 is 2.24 bits per heavy atom. The van der Waals surface area contributed by atoms with E-state index in [4.69, 9.17) is 14.2 Å². The lowest BCUT2D eigenvalue weighted by Gasteiger charge is -2.15. The average Bonchev–Trinajstić information content (AvgIpc) is 3.30. The first-order valence-corrected chi connectivity index (χ1v) is 9.45. The minimum atomic E-state index is -0.591. The van der Waals surface area contributed by atoms with Crippen LogP contribution in [0, 0.1) is 0 Å². The molecule has 1 aromatic heterocycles. The van der Waals surface area contributed by atoms with E-state index in [-0.39, 0.29) is 18.7 Å². The summed E-state index contributed by atoms with van der Waals surface area (Å²) in [5.41, 5.74) is 1.99. The van der Waals surface area contributed by atoms with Gasteiger partial charge in [0.2, 0.25) is 0 Å². The molecule has 0 N–H and O–H groups in total. The van der Waals surface area contributed by atoms with Gasteiger partial charge in [0.05, 0.1) is 23.4 Å². The Hall–Kier alpha value is -1.76. The molecule has 0 amide bonds. The third kappa shape index (κ3) is 5.63. The summed E-state index contributed by atoms with van der Waals surface area (Å²) in [6.45, 7) is 3.10. The van der Waals surface area contributed by atoms with Gasteiger partial charge in [0.15, 0.2) is 6.10 Å². The lowest BCUT2D eigenvalue weighted by atomic mass is 10.2. The van der Waals surface area contributed by atoms with Crippen molar-refractivity contribution in [2.75, 3.05) is 13.2 Å². The zero-order valence-electron chi connectivity index (χ0n) is 14.3. The molecule has 0 saturated carbocycles. The van der Waals surface area contributed by atoms with Gasteiger partial charge in [0.25, 0.3) is 0 Å². The molecule has 0 spiro atoms. The zero-order chi connectivity index (χ0) is 17.5. The number of thiazole rings is 1. The second-order valence-corrected chi connectivity index (χ2v) is 7.06. The fourth-order valence-corrected chi connectivity index (χ4v) is 3.44. The Morgan fingerprint density at radius 1 is 1.40 bits per heavy atom. The minimum absolute atomic E-state index is 0.106. The van der Waals surface area contributed by atoms with Crippen LogP contribution in [0.5, 0.6) is 0 Å². The summed E-state index contributed by atoms with van der Waals surface area (Å²) in [4.78, 5) is 16.5. The highest BCUT2D eigenvalue weighted by Crippen LogP contribution is 2.16. The lowest BCUT2D eigenvalue weighted by Crippen LogP contribution is -2.27. The Bertz CT molecular complexity index is 667. The van der Waals surface area contributed by atoms with E-state index >= 15 is 0 Å². The second-order valence-electron chi connectivity index (χ2n) is 6.11. The number of nitrogens with zero attached hydrogens (tertiary/aromatic N) is 1. The molecule has 5 nitrogen and oxygen atoms in total. The first-order chi connectivity index (χ1) is 12.2.